The average Bonchev–Trinajstić information content (AvgIpc) is 2.61. The predicted octanol–water partition coefficient (Wildman–Crippen LogP) is 3.43. The molecule has 6 heteroatoms. The molecule has 0 spiro atoms. The Hall–Kier alpha value is -3.28. The highest BCUT2D eigenvalue weighted by Crippen LogP contribution is 2.17. The van der Waals surface area contributed by atoms with Crippen LogP contribution >= 0.6 is 0 Å². The van der Waals surface area contributed by atoms with Crippen molar-refractivity contribution in [3.05, 3.63) is 82.0 Å². The molecule has 1 heterocycles. The van der Waals surface area contributed by atoms with Crippen LogP contribution in [0.4, 0.5) is 5.69 Å². The number of non-ortho nitro benzene ring substituents is 1. The highest BCUT2D eigenvalue weighted by molar-refractivity contribution is 5.85. The first kappa shape index (κ1) is 15.6. The van der Waals surface area contributed by atoms with E-state index < -0.39 is 4.92 Å². The number of carbonyl (C=O) groups is 1. The molecule has 0 aliphatic rings. The summed E-state index contributed by atoms with van der Waals surface area (Å²) in [6, 6.07) is 15.4. The number of rotatable bonds is 5. The van der Waals surface area contributed by atoms with Gasteiger partial charge in [-0.25, -0.2) is 0 Å². The van der Waals surface area contributed by atoms with Crippen LogP contribution in [0.15, 0.2) is 60.8 Å². The van der Waals surface area contributed by atoms with E-state index in [0.29, 0.717) is 5.56 Å². The van der Waals surface area contributed by atoms with Gasteiger partial charge in [0.15, 0.2) is 0 Å². The Balaban J connectivity index is 1.64. The first-order chi connectivity index (χ1) is 11.6. The predicted molar refractivity (Wildman–Crippen MR) is 88.3 cm³/mol. The van der Waals surface area contributed by atoms with Crippen molar-refractivity contribution in [3.63, 3.8) is 0 Å². The second-order valence-electron chi connectivity index (χ2n) is 5.25. The molecule has 0 bridgehead atoms. The van der Waals surface area contributed by atoms with Gasteiger partial charge >= 0.3 is 5.97 Å². The minimum Gasteiger partial charge on any atom is -0.461 e. The molecule has 0 unspecified atom stereocenters. The Morgan fingerprint density at radius 2 is 1.83 bits per heavy atom. The van der Waals surface area contributed by atoms with Gasteiger partial charge in [0.05, 0.1) is 16.9 Å². The highest BCUT2D eigenvalue weighted by atomic mass is 16.6. The maximum atomic E-state index is 12.0. The molecule has 1 aromatic heterocycles. The van der Waals surface area contributed by atoms with Gasteiger partial charge in [-0.05, 0) is 29.3 Å². The van der Waals surface area contributed by atoms with Gasteiger partial charge < -0.3 is 4.74 Å². The molecule has 6 nitrogen and oxygen atoms in total. The lowest BCUT2D eigenvalue weighted by molar-refractivity contribution is -0.384. The van der Waals surface area contributed by atoms with Crippen molar-refractivity contribution in [2.45, 2.75) is 13.0 Å². The van der Waals surface area contributed by atoms with Crippen LogP contribution < -0.4 is 0 Å². The largest absolute Gasteiger partial charge is 0.461 e. The first-order valence-corrected chi connectivity index (χ1v) is 7.35. The molecule has 0 radical (unpaired) electrons. The number of hydrogen-bond donors (Lipinski definition) is 0. The van der Waals surface area contributed by atoms with Crippen LogP contribution in [-0.2, 0) is 22.6 Å². The van der Waals surface area contributed by atoms with Crippen LogP contribution in [-0.4, -0.2) is 15.9 Å². The third-order valence-electron chi connectivity index (χ3n) is 3.60. The first-order valence-electron chi connectivity index (χ1n) is 7.35. The summed E-state index contributed by atoms with van der Waals surface area (Å²) >= 11 is 0. The Bertz CT molecular complexity index is 886. The maximum Gasteiger partial charge on any atom is 0.310 e. The summed E-state index contributed by atoms with van der Waals surface area (Å²) in [6.45, 7) is 0.0784. The van der Waals surface area contributed by atoms with Crippen LogP contribution in [0.2, 0.25) is 0 Å². The molecule has 0 aliphatic carbocycles. The van der Waals surface area contributed by atoms with Crippen molar-refractivity contribution in [2.24, 2.45) is 0 Å². The minimum absolute atomic E-state index is 0.00639. The molecule has 0 atom stereocenters. The van der Waals surface area contributed by atoms with Gasteiger partial charge in [-0.2, -0.15) is 0 Å². The lowest BCUT2D eigenvalue weighted by Crippen LogP contribution is -2.08. The van der Waals surface area contributed by atoms with Crippen LogP contribution in [0.3, 0.4) is 0 Å². The molecule has 3 rings (SSSR count). The summed E-state index contributed by atoms with van der Waals surface area (Å²) in [6.07, 6.45) is 1.81. The van der Waals surface area contributed by atoms with E-state index in [-0.39, 0.29) is 24.7 Å². The van der Waals surface area contributed by atoms with Gasteiger partial charge in [-0.1, -0.05) is 24.3 Å². The molecule has 120 valence electrons. The number of aromatic nitrogens is 1. The zero-order chi connectivity index (χ0) is 16.9. The number of nitro benzene ring substituents is 1. The normalized spacial score (nSPS) is 10.5. The molecule has 0 N–H and O–H groups in total. The molecule has 0 saturated carbocycles. The lowest BCUT2D eigenvalue weighted by atomic mass is 10.1. The standard InChI is InChI=1S/C18H14N2O4/c21-17(24-12-13-6-8-16(9-7-13)20(22)23)11-15-4-1-3-14-5-2-10-19-18(14)15/h1-10H,11-12H2. The minimum atomic E-state index is -0.469. The van der Waals surface area contributed by atoms with E-state index in [2.05, 4.69) is 4.98 Å². The molecule has 0 saturated heterocycles. The average molecular weight is 322 g/mol. The molecule has 3 aromatic rings. The van der Waals surface area contributed by atoms with Gasteiger partial charge in [-0.3, -0.25) is 19.9 Å². The van der Waals surface area contributed by atoms with Gasteiger partial charge in [0.1, 0.15) is 6.61 Å². The van der Waals surface area contributed by atoms with Crippen LogP contribution in [0.5, 0.6) is 0 Å². The lowest BCUT2D eigenvalue weighted by Gasteiger charge is -2.07. The molecule has 0 aliphatic heterocycles. The topological polar surface area (TPSA) is 82.3 Å². The van der Waals surface area contributed by atoms with Gasteiger partial charge in [0.25, 0.3) is 5.69 Å². The van der Waals surface area contributed by atoms with Crippen LogP contribution in [0.1, 0.15) is 11.1 Å². The van der Waals surface area contributed by atoms with Crippen molar-refractivity contribution in [1.29, 1.82) is 0 Å². The fourth-order valence-electron chi connectivity index (χ4n) is 2.39. The van der Waals surface area contributed by atoms with Gasteiger partial charge in [0.2, 0.25) is 0 Å². The Kier molecular flexibility index (Phi) is 4.47. The molecular formula is C18H14N2O4. The van der Waals surface area contributed by atoms with E-state index in [0.717, 1.165) is 16.5 Å². The summed E-state index contributed by atoms with van der Waals surface area (Å²) < 4.78 is 5.24. The molecule has 2 aromatic carbocycles. The third kappa shape index (κ3) is 3.55. The van der Waals surface area contributed by atoms with E-state index in [1.165, 1.54) is 12.1 Å². The number of pyridine rings is 1. The fraction of sp³-hybridized carbons (Fsp3) is 0.111. The van der Waals surface area contributed by atoms with Gasteiger partial charge in [-0.15, -0.1) is 0 Å². The number of benzene rings is 2. The summed E-state index contributed by atoms with van der Waals surface area (Å²) in [5.41, 5.74) is 2.30. The summed E-state index contributed by atoms with van der Waals surface area (Å²) in [7, 11) is 0. The highest BCUT2D eigenvalue weighted by Gasteiger charge is 2.10. The summed E-state index contributed by atoms with van der Waals surface area (Å²) in [5.74, 6) is -0.369. The number of nitro groups is 1. The van der Waals surface area contributed by atoms with Crippen molar-refractivity contribution in [1.82, 2.24) is 4.98 Å². The number of para-hydroxylation sites is 1. The third-order valence-corrected chi connectivity index (χ3v) is 3.60. The number of carbonyl (C=O) groups excluding carboxylic acids is 1. The van der Waals surface area contributed by atoms with E-state index in [4.69, 9.17) is 4.74 Å². The molecule has 0 fully saturated rings. The Morgan fingerprint density at radius 1 is 1.08 bits per heavy atom. The van der Waals surface area contributed by atoms with E-state index in [1.54, 1.807) is 18.3 Å². The quantitative estimate of drug-likeness (QED) is 0.408. The van der Waals surface area contributed by atoms with Crippen molar-refractivity contribution >= 4 is 22.6 Å². The van der Waals surface area contributed by atoms with Crippen LogP contribution in [0, 0.1) is 10.1 Å². The SMILES string of the molecule is O=C(Cc1cccc2cccnc12)OCc1ccc([N+](=O)[O-])cc1. The van der Waals surface area contributed by atoms with E-state index in [9.17, 15) is 14.9 Å². The summed E-state index contributed by atoms with van der Waals surface area (Å²) in [4.78, 5) is 26.5. The van der Waals surface area contributed by atoms with Crippen molar-refractivity contribution in [2.75, 3.05) is 0 Å². The number of esters is 1. The second-order valence-corrected chi connectivity index (χ2v) is 5.25. The number of hydrogen-bond acceptors (Lipinski definition) is 5. The molecular weight excluding hydrogens is 308 g/mol. The zero-order valence-electron chi connectivity index (χ0n) is 12.7. The van der Waals surface area contributed by atoms with E-state index >= 15 is 0 Å². The Morgan fingerprint density at radius 3 is 2.58 bits per heavy atom. The van der Waals surface area contributed by atoms with Crippen LogP contribution in [0.25, 0.3) is 10.9 Å². The fourth-order valence-corrected chi connectivity index (χ4v) is 2.39. The summed E-state index contributed by atoms with van der Waals surface area (Å²) in [5, 5.41) is 11.6. The van der Waals surface area contributed by atoms with Gasteiger partial charge in [0, 0.05) is 23.7 Å². The van der Waals surface area contributed by atoms with Crippen molar-refractivity contribution in [3.8, 4) is 0 Å². The smallest absolute Gasteiger partial charge is 0.310 e. The Labute approximate surface area is 137 Å². The number of fused-ring (bicyclic) bond motifs is 1. The number of nitrogens with zero attached hydrogens (tertiary/aromatic N) is 2. The molecule has 24 heavy (non-hydrogen) atoms. The zero-order valence-corrected chi connectivity index (χ0v) is 12.7. The molecule has 0 amide bonds. The van der Waals surface area contributed by atoms with Crippen molar-refractivity contribution < 1.29 is 14.5 Å². The second kappa shape index (κ2) is 6.87. The van der Waals surface area contributed by atoms with E-state index in [1.807, 2.05) is 30.3 Å². The monoisotopic (exact) mass is 322 g/mol. The number of ether oxygens (including phenoxy) is 1. The maximum absolute atomic E-state index is 12.0.